The average molecular weight is 290 g/mol. The molecule has 0 radical (unpaired) electrons. The van der Waals surface area contributed by atoms with Gasteiger partial charge in [0.15, 0.2) is 5.65 Å². The van der Waals surface area contributed by atoms with Crippen LogP contribution in [0.4, 0.5) is 4.39 Å². The summed E-state index contributed by atoms with van der Waals surface area (Å²) in [5, 5.41) is 10.0. The molecule has 7 heteroatoms. The molecule has 0 fully saturated rings. The maximum Gasteiger partial charge on any atom is 0.181 e. The van der Waals surface area contributed by atoms with Gasteiger partial charge in [-0.3, -0.25) is 0 Å². The highest BCUT2D eigenvalue weighted by Gasteiger charge is 2.12. The van der Waals surface area contributed by atoms with Gasteiger partial charge < -0.3 is 10.1 Å². The number of fused-ring (bicyclic) bond motifs is 1. The maximum atomic E-state index is 14.0. The van der Waals surface area contributed by atoms with E-state index in [0.717, 1.165) is 0 Å². The van der Waals surface area contributed by atoms with Gasteiger partial charge in [0.2, 0.25) is 0 Å². The molecule has 5 nitrogen and oxygen atoms in total. The Morgan fingerprint density at radius 2 is 2.15 bits per heavy atom. The van der Waals surface area contributed by atoms with Crippen LogP contribution in [0, 0.1) is 5.82 Å². The Balaban J connectivity index is 1.97. The summed E-state index contributed by atoms with van der Waals surface area (Å²) in [5.41, 5.74) is 1.77. The number of aliphatic hydroxyl groups excluding tert-OH is 1. The number of aromatic nitrogens is 4. The molecule has 0 saturated heterocycles. The minimum Gasteiger partial charge on any atom is -0.389 e. The summed E-state index contributed by atoms with van der Waals surface area (Å²) in [5.74, 6) is -0.389. The highest BCUT2D eigenvalue weighted by atomic mass is 32.2. The zero-order valence-electron chi connectivity index (χ0n) is 10.5. The first-order valence-corrected chi connectivity index (χ1v) is 6.76. The maximum absolute atomic E-state index is 14.0. The van der Waals surface area contributed by atoms with Gasteiger partial charge in [0.1, 0.15) is 22.7 Å². The van der Waals surface area contributed by atoms with Crippen molar-refractivity contribution < 1.29 is 9.50 Å². The molecule has 3 aromatic rings. The smallest absolute Gasteiger partial charge is 0.181 e. The standard InChI is InChI=1S/C13H11FN4OS/c1-7(19)8-2-3-10(9(14)4-8)20-13-11-12(16-5-15-11)17-6-18-13/h2-7,19H,1H3,(H,15,16,17,18). The van der Waals surface area contributed by atoms with Crippen molar-refractivity contribution in [2.75, 3.05) is 0 Å². The van der Waals surface area contributed by atoms with E-state index >= 15 is 0 Å². The molecule has 2 heterocycles. The molecule has 0 spiro atoms. The Hall–Kier alpha value is -1.99. The lowest BCUT2D eigenvalue weighted by atomic mass is 10.1. The Bertz CT molecular complexity index is 759. The van der Waals surface area contributed by atoms with Gasteiger partial charge in [0, 0.05) is 4.90 Å². The quantitative estimate of drug-likeness (QED) is 0.725. The Morgan fingerprint density at radius 1 is 1.30 bits per heavy atom. The zero-order valence-corrected chi connectivity index (χ0v) is 11.4. The molecule has 0 amide bonds. The van der Waals surface area contributed by atoms with Gasteiger partial charge in [-0.25, -0.2) is 19.3 Å². The number of hydrogen-bond acceptors (Lipinski definition) is 5. The molecular formula is C13H11FN4OS. The van der Waals surface area contributed by atoms with Crippen molar-refractivity contribution in [3.8, 4) is 0 Å². The number of nitrogens with one attached hydrogen (secondary N) is 1. The molecule has 0 bridgehead atoms. The predicted molar refractivity (Wildman–Crippen MR) is 72.8 cm³/mol. The van der Waals surface area contributed by atoms with Crippen LogP contribution < -0.4 is 0 Å². The number of hydrogen-bond donors (Lipinski definition) is 2. The molecule has 0 aliphatic carbocycles. The van der Waals surface area contributed by atoms with E-state index in [9.17, 15) is 9.50 Å². The summed E-state index contributed by atoms with van der Waals surface area (Å²) in [4.78, 5) is 15.6. The van der Waals surface area contributed by atoms with E-state index in [0.29, 0.717) is 26.6 Å². The third-order valence-electron chi connectivity index (χ3n) is 2.83. The molecule has 0 aliphatic rings. The molecule has 1 atom stereocenters. The number of halogens is 1. The fraction of sp³-hybridized carbons (Fsp3) is 0.154. The van der Waals surface area contributed by atoms with Crippen molar-refractivity contribution >= 4 is 22.9 Å². The van der Waals surface area contributed by atoms with Crippen LogP contribution in [0.25, 0.3) is 11.2 Å². The van der Waals surface area contributed by atoms with E-state index in [4.69, 9.17) is 0 Å². The predicted octanol–water partition coefficient (Wildman–Crippen LogP) is 2.70. The third-order valence-corrected chi connectivity index (χ3v) is 3.89. The number of aromatic amines is 1. The number of aliphatic hydroxyl groups is 1. The van der Waals surface area contributed by atoms with Crippen molar-refractivity contribution in [1.29, 1.82) is 0 Å². The minimum atomic E-state index is -0.693. The lowest BCUT2D eigenvalue weighted by Gasteiger charge is -2.07. The molecule has 3 rings (SSSR count). The van der Waals surface area contributed by atoms with Crippen molar-refractivity contribution in [3.05, 3.63) is 42.2 Å². The summed E-state index contributed by atoms with van der Waals surface area (Å²) in [7, 11) is 0. The first-order chi connectivity index (χ1) is 9.65. The van der Waals surface area contributed by atoms with Crippen LogP contribution >= 0.6 is 11.8 Å². The number of benzene rings is 1. The second kappa shape index (κ2) is 5.18. The van der Waals surface area contributed by atoms with Crippen LogP contribution in [0.5, 0.6) is 0 Å². The summed E-state index contributed by atoms with van der Waals surface area (Å²) in [6.45, 7) is 1.60. The summed E-state index contributed by atoms with van der Waals surface area (Å²) < 4.78 is 14.0. The van der Waals surface area contributed by atoms with Crippen molar-refractivity contribution in [2.45, 2.75) is 22.9 Å². The molecule has 1 aromatic carbocycles. The van der Waals surface area contributed by atoms with Gasteiger partial charge in [-0.15, -0.1) is 0 Å². The van der Waals surface area contributed by atoms with E-state index in [2.05, 4.69) is 19.9 Å². The molecule has 0 aliphatic heterocycles. The van der Waals surface area contributed by atoms with Gasteiger partial charge in [-0.1, -0.05) is 17.8 Å². The van der Waals surface area contributed by atoms with Crippen molar-refractivity contribution in [1.82, 2.24) is 19.9 Å². The highest BCUT2D eigenvalue weighted by Crippen LogP contribution is 2.32. The van der Waals surface area contributed by atoms with Gasteiger partial charge in [0.05, 0.1) is 12.4 Å². The Morgan fingerprint density at radius 3 is 2.90 bits per heavy atom. The number of nitrogens with zero attached hydrogens (tertiary/aromatic N) is 3. The van der Waals surface area contributed by atoms with E-state index in [-0.39, 0.29) is 5.82 Å². The number of rotatable bonds is 3. The molecule has 102 valence electrons. The van der Waals surface area contributed by atoms with Crippen LogP contribution in [-0.4, -0.2) is 25.0 Å². The number of H-pyrrole nitrogens is 1. The monoisotopic (exact) mass is 290 g/mol. The third kappa shape index (κ3) is 2.37. The SMILES string of the molecule is CC(O)c1ccc(Sc2ncnc3nc[nH]c23)c(F)c1. The molecule has 20 heavy (non-hydrogen) atoms. The lowest BCUT2D eigenvalue weighted by molar-refractivity contribution is 0.198. The van der Waals surface area contributed by atoms with Crippen LogP contribution in [-0.2, 0) is 0 Å². The van der Waals surface area contributed by atoms with Crippen LogP contribution in [0.3, 0.4) is 0 Å². The van der Waals surface area contributed by atoms with Crippen LogP contribution in [0.1, 0.15) is 18.6 Å². The summed E-state index contributed by atoms with van der Waals surface area (Å²) in [6.07, 6.45) is 2.23. The molecule has 0 saturated carbocycles. The summed E-state index contributed by atoms with van der Waals surface area (Å²) >= 11 is 1.19. The second-order valence-electron chi connectivity index (χ2n) is 4.25. The Labute approximate surface area is 118 Å². The first-order valence-electron chi connectivity index (χ1n) is 5.94. The topological polar surface area (TPSA) is 74.7 Å². The fourth-order valence-corrected chi connectivity index (χ4v) is 2.64. The zero-order chi connectivity index (χ0) is 14.1. The van der Waals surface area contributed by atoms with Gasteiger partial charge in [-0.05, 0) is 24.6 Å². The second-order valence-corrected chi connectivity index (χ2v) is 5.28. The largest absolute Gasteiger partial charge is 0.389 e. The molecule has 2 aromatic heterocycles. The number of imidazole rings is 1. The highest BCUT2D eigenvalue weighted by molar-refractivity contribution is 7.99. The van der Waals surface area contributed by atoms with Crippen molar-refractivity contribution in [2.24, 2.45) is 0 Å². The van der Waals surface area contributed by atoms with Crippen LogP contribution in [0.2, 0.25) is 0 Å². The van der Waals surface area contributed by atoms with E-state index < -0.39 is 6.10 Å². The molecule has 2 N–H and O–H groups in total. The minimum absolute atomic E-state index is 0.389. The molecule has 1 unspecified atom stereocenters. The normalized spacial score (nSPS) is 12.8. The van der Waals surface area contributed by atoms with E-state index in [1.54, 1.807) is 19.1 Å². The van der Waals surface area contributed by atoms with Gasteiger partial charge in [0.25, 0.3) is 0 Å². The average Bonchev–Trinajstić information content (AvgIpc) is 2.90. The Kier molecular flexibility index (Phi) is 3.37. The van der Waals surface area contributed by atoms with Gasteiger partial charge in [-0.2, -0.15) is 0 Å². The van der Waals surface area contributed by atoms with E-state index in [1.165, 1.54) is 30.5 Å². The van der Waals surface area contributed by atoms with Gasteiger partial charge >= 0.3 is 0 Å². The fourth-order valence-electron chi connectivity index (χ4n) is 1.78. The lowest BCUT2D eigenvalue weighted by Crippen LogP contribution is -1.93. The van der Waals surface area contributed by atoms with E-state index in [1.807, 2.05) is 0 Å². The summed E-state index contributed by atoms with van der Waals surface area (Å²) in [6, 6.07) is 4.66. The van der Waals surface area contributed by atoms with Crippen molar-refractivity contribution in [3.63, 3.8) is 0 Å². The first kappa shape index (κ1) is 13.0. The van der Waals surface area contributed by atoms with Crippen LogP contribution in [0.15, 0.2) is 40.8 Å². The molecular weight excluding hydrogens is 279 g/mol.